The Morgan fingerprint density at radius 3 is 2.52 bits per heavy atom. The summed E-state index contributed by atoms with van der Waals surface area (Å²) in [5.41, 5.74) is 7.95. The Balaban J connectivity index is 2.72. The number of ether oxygens (including phenoxy) is 1. The monoisotopic (exact) mass is 383 g/mol. The first-order valence-corrected chi connectivity index (χ1v) is 9.91. The highest BCUT2D eigenvalue weighted by Gasteiger charge is 2.21. The van der Waals surface area contributed by atoms with Gasteiger partial charge in [-0.15, -0.1) is 16.8 Å². The molecule has 1 aromatic carbocycles. The van der Waals surface area contributed by atoms with Gasteiger partial charge in [-0.2, -0.15) is 0 Å². The van der Waals surface area contributed by atoms with Gasteiger partial charge < -0.3 is 10.5 Å². The molecule has 1 aromatic rings. The largest absolute Gasteiger partial charge is 0.693 e. The van der Waals surface area contributed by atoms with Gasteiger partial charge in [-0.3, -0.25) is 0 Å². The van der Waals surface area contributed by atoms with Gasteiger partial charge >= 0.3 is 14.1 Å². The number of carbonyl (C=O) groups excluding carboxylic acids is 1. The SMILES string of the molecule is CCCSc1ccc(/C(N)=C(/C)N[P+](=O)O/C(C)=C/C(=O)OC)cc1. The molecule has 0 aliphatic carbocycles. The number of hydrogen-bond donors (Lipinski definition) is 2. The van der Waals surface area contributed by atoms with Crippen molar-refractivity contribution >= 4 is 31.6 Å². The zero-order chi connectivity index (χ0) is 18.8. The third-order valence-electron chi connectivity index (χ3n) is 3.05. The van der Waals surface area contributed by atoms with E-state index in [1.54, 1.807) is 18.7 Å². The second-order valence-corrected chi connectivity index (χ2v) is 7.24. The molecule has 0 heterocycles. The Kier molecular flexibility index (Phi) is 9.10. The Morgan fingerprint density at radius 1 is 1.32 bits per heavy atom. The van der Waals surface area contributed by atoms with Crippen LogP contribution in [0.5, 0.6) is 0 Å². The summed E-state index contributed by atoms with van der Waals surface area (Å²) in [7, 11) is -0.996. The van der Waals surface area contributed by atoms with Crippen molar-refractivity contribution in [1.29, 1.82) is 0 Å². The predicted molar refractivity (Wildman–Crippen MR) is 102 cm³/mol. The molecular formula is C17H24N2O4PS+. The lowest BCUT2D eigenvalue weighted by Crippen LogP contribution is -2.10. The predicted octanol–water partition coefficient (Wildman–Crippen LogP) is 4.18. The smallest absolute Gasteiger partial charge is 0.466 e. The molecule has 0 aliphatic rings. The summed E-state index contributed by atoms with van der Waals surface area (Å²) in [5, 5.41) is 2.69. The summed E-state index contributed by atoms with van der Waals surface area (Å²) in [6.07, 6.45) is 2.23. The van der Waals surface area contributed by atoms with Gasteiger partial charge in [0.15, 0.2) is 5.76 Å². The Bertz CT molecular complexity index is 672. The molecule has 3 N–H and O–H groups in total. The van der Waals surface area contributed by atoms with Gasteiger partial charge in [0.25, 0.3) is 0 Å². The zero-order valence-electron chi connectivity index (χ0n) is 14.9. The van der Waals surface area contributed by atoms with E-state index in [9.17, 15) is 9.36 Å². The standard InChI is InChI=1S/C17H24N2O4PS/c1-5-10-25-15-8-6-14(7-9-15)17(18)13(3)19-24(21)23-12(2)11-16(20)22-4/h6-9,11H,5,10,18H2,1-4H3,(H,19,21)/q+1/b12-11+,17-13+. The van der Waals surface area contributed by atoms with Crippen LogP contribution >= 0.6 is 19.9 Å². The number of thioether (sulfide) groups is 1. The van der Waals surface area contributed by atoms with Crippen molar-refractivity contribution in [2.75, 3.05) is 12.9 Å². The molecule has 0 fully saturated rings. The molecule has 1 unspecified atom stereocenters. The van der Waals surface area contributed by atoms with Crippen LogP contribution in [0, 0.1) is 0 Å². The maximum atomic E-state index is 12.0. The van der Waals surface area contributed by atoms with Crippen molar-refractivity contribution in [3.8, 4) is 0 Å². The molecule has 0 saturated carbocycles. The molecular weight excluding hydrogens is 359 g/mol. The molecule has 0 amide bonds. The van der Waals surface area contributed by atoms with Crippen molar-refractivity contribution in [1.82, 2.24) is 5.09 Å². The molecule has 136 valence electrons. The van der Waals surface area contributed by atoms with Gasteiger partial charge in [-0.1, -0.05) is 19.1 Å². The van der Waals surface area contributed by atoms with Crippen molar-refractivity contribution in [2.45, 2.75) is 32.1 Å². The van der Waals surface area contributed by atoms with E-state index < -0.39 is 14.1 Å². The molecule has 6 nitrogen and oxygen atoms in total. The fourth-order valence-electron chi connectivity index (χ4n) is 1.77. The van der Waals surface area contributed by atoms with Crippen LogP contribution in [0.1, 0.15) is 32.8 Å². The third-order valence-corrected chi connectivity index (χ3v) is 5.24. The maximum absolute atomic E-state index is 12.0. The van der Waals surface area contributed by atoms with E-state index in [1.807, 2.05) is 24.3 Å². The first kappa shape index (κ1) is 21.1. The van der Waals surface area contributed by atoms with E-state index in [4.69, 9.17) is 10.3 Å². The third kappa shape index (κ3) is 7.63. The van der Waals surface area contributed by atoms with Crippen LogP contribution in [0.2, 0.25) is 0 Å². The molecule has 25 heavy (non-hydrogen) atoms. The number of rotatable bonds is 9. The van der Waals surface area contributed by atoms with E-state index in [2.05, 4.69) is 16.7 Å². The van der Waals surface area contributed by atoms with Gasteiger partial charge in [0, 0.05) is 9.46 Å². The minimum absolute atomic E-state index is 0.184. The molecule has 0 aromatic heterocycles. The van der Waals surface area contributed by atoms with Crippen LogP contribution in [0.15, 0.2) is 46.7 Å². The van der Waals surface area contributed by atoms with Gasteiger partial charge in [-0.05, 0) is 43.7 Å². The van der Waals surface area contributed by atoms with Crippen LogP contribution in [0.3, 0.4) is 0 Å². The summed E-state index contributed by atoms with van der Waals surface area (Å²) < 4.78 is 21.6. The summed E-state index contributed by atoms with van der Waals surface area (Å²) in [6, 6.07) is 7.87. The topological polar surface area (TPSA) is 90.6 Å². The van der Waals surface area contributed by atoms with Crippen LogP contribution in [-0.4, -0.2) is 18.8 Å². The van der Waals surface area contributed by atoms with Crippen molar-refractivity contribution in [3.05, 3.63) is 47.4 Å². The van der Waals surface area contributed by atoms with Crippen LogP contribution in [0.4, 0.5) is 0 Å². The number of esters is 1. The second kappa shape index (κ2) is 10.8. The first-order valence-electron chi connectivity index (χ1n) is 7.75. The van der Waals surface area contributed by atoms with Crippen LogP contribution in [0.25, 0.3) is 5.70 Å². The quantitative estimate of drug-likeness (QED) is 0.217. The van der Waals surface area contributed by atoms with E-state index in [1.165, 1.54) is 18.9 Å². The molecule has 0 bridgehead atoms. The van der Waals surface area contributed by atoms with Crippen molar-refractivity contribution in [2.24, 2.45) is 5.73 Å². The van der Waals surface area contributed by atoms with E-state index in [0.717, 1.165) is 23.8 Å². The lowest BCUT2D eigenvalue weighted by Gasteiger charge is -2.06. The normalized spacial score (nSPS) is 13.0. The maximum Gasteiger partial charge on any atom is 0.693 e. The van der Waals surface area contributed by atoms with Gasteiger partial charge in [0.05, 0.1) is 24.6 Å². The molecule has 1 rings (SSSR count). The first-order chi connectivity index (χ1) is 11.9. The van der Waals surface area contributed by atoms with Gasteiger partial charge in [0.2, 0.25) is 0 Å². The highest BCUT2D eigenvalue weighted by molar-refractivity contribution is 7.99. The van der Waals surface area contributed by atoms with Crippen LogP contribution < -0.4 is 10.8 Å². The Labute approximate surface area is 153 Å². The number of nitrogens with one attached hydrogen (secondary N) is 1. The number of carbonyl (C=O) groups is 1. The Hall–Kier alpha value is -1.98. The van der Waals surface area contributed by atoms with Gasteiger partial charge in [0.1, 0.15) is 0 Å². The summed E-state index contributed by atoms with van der Waals surface area (Å²) in [4.78, 5) is 12.3. The summed E-state index contributed by atoms with van der Waals surface area (Å²) >= 11 is 1.79. The number of benzene rings is 1. The highest BCUT2D eigenvalue weighted by atomic mass is 32.2. The fraction of sp³-hybridized carbons (Fsp3) is 0.353. The minimum atomic E-state index is -2.25. The average molecular weight is 383 g/mol. The molecule has 8 heteroatoms. The van der Waals surface area contributed by atoms with Crippen molar-refractivity contribution < 1.29 is 18.6 Å². The van der Waals surface area contributed by atoms with Crippen LogP contribution in [-0.2, 0) is 18.6 Å². The molecule has 0 spiro atoms. The van der Waals surface area contributed by atoms with Crippen molar-refractivity contribution in [3.63, 3.8) is 0 Å². The lowest BCUT2D eigenvalue weighted by molar-refractivity contribution is -0.135. The average Bonchev–Trinajstić information content (AvgIpc) is 2.59. The molecule has 0 saturated heterocycles. The Morgan fingerprint density at radius 2 is 1.96 bits per heavy atom. The van der Waals surface area contributed by atoms with E-state index >= 15 is 0 Å². The molecule has 1 atom stereocenters. The minimum Gasteiger partial charge on any atom is -0.466 e. The second-order valence-electron chi connectivity index (χ2n) is 5.15. The number of methoxy groups -OCH3 is 1. The zero-order valence-corrected chi connectivity index (χ0v) is 16.6. The molecule has 0 aliphatic heterocycles. The van der Waals surface area contributed by atoms with E-state index in [-0.39, 0.29) is 5.76 Å². The molecule has 0 radical (unpaired) electrons. The fourth-order valence-corrected chi connectivity index (χ4v) is 3.29. The van der Waals surface area contributed by atoms with Gasteiger partial charge in [-0.25, -0.2) is 9.32 Å². The number of hydrogen-bond acceptors (Lipinski definition) is 6. The summed E-state index contributed by atoms with van der Waals surface area (Å²) in [6.45, 7) is 5.37. The number of allylic oxidation sites excluding steroid dienone is 2. The highest BCUT2D eigenvalue weighted by Crippen LogP contribution is 2.26. The summed E-state index contributed by atoms with van der Waals surface area (Å²) in [5.74, 6) is 0.680. The van der Waals surface area contributed by atoms with E-state index in [0.29, 0.717) is 11.4 Å². The lowest BCUT2D eigenvalue weighted by atomic mass is 10.1. The number of nitrogens with two attached hydrogens (primary N) is 1.